The number of pyridine rings is 6. The summed E-state index contributed by atoms with van der Waals surface area (Å²) in [6, 6.07) is 38.2. The number of ether oxygens (including phenoxy) is 4. The van der Waals surface area contributed by atoms with Crippen LogP contribution in [0.4, 0.5) is 0 Å². The van der Waals surface area contributed by atoms with Crippen molar-refractivity contribution in [2.75, 3.05) is 28.4 Å². The Bertz CT molecular complexity index is 2680. The number of aryl methyl sites for hydroxylation is 1. The van der Waals surface area contributed by atoms with E-state index >= 15 is 0 Å². The highest BCUT2D eigenvalue weighted by Crippen LogP contribution is 2.23. The van der Waals surface area contributed by atoms with Gasteiger partial charge in [-0.1, -0.05) is 133 Å². The summed E-state index contributed by atoms with van der Waals surface area (Å²) < 4.78 is 20.0. The van der Waals surface area contributed by atoms with E-state index in [9.17, 15) is 0 Å². The fraction of sp³-hybridized carbons (Fsp3) is 0.394. The van der Waals surface area contributed by atoms with Crippen molar-refractivity contribution < 1.29 is 18.9 Å². The molecule has 0 amide bonds. The van der Waals surface area contributed by atoms with Gasteiger partial charge in [0.15, 0.2) is 0 Å². The van der Waals surface area contributed by atoms with Gasteiger partial charge in [-0.2, -0.15) is 4.98 Å². The van der Waals surface area contributed by atoms with Gasteiger partial charge in [-0.05, 0) is 125 Å². The molecular formula is C66H90N8O4. The number of hydrogen-bond donors (Lipinski definition) is 0. The molecule has 0 aliphatic heterocycles. The monoisotopic (exact) mass is 1060 g/mol. The van der Waals surface area contributed by atoms with Crippen LogP contribution in [0.3, 0.4) is 0 Å². The van der Waals surface area contributed by atoms with E-state index in [4.69, 9.17) is 18.9 Å². The van der Waals surface area contributed by atoms with Crippen LogP contribution < -0.4 is 18.9 Å². The Balaban J connectivity index is 0.000000313. The van der Waals surface area contributed by atoms with E-state index in [1.807, 2.05) is 85.3 Å². The average Bonchev–Trinajstić information content (AvgIpc) is 3.46. The molecule has 0 bridgehead atoms. The standard InChI is InChI=1S/C14H15N.3C9H13NO.C9H13N.C8H12N2O.C8H11N/c1-11(2)14-10-13(8-9-15-14)12-6-4-3-5-7-12;1-7(2)9-6-8(11-3)4-5-10-9;1-7(2)9-5-4-8(11-3)6-10-9;1-7(2)8-4-5-10-9(6-8)11-3;1-7(2)9-6-8(3)4-5-10-9;1-6(2)8-9-5-4-7(10-8)11-3;1-7(2)8-5-3-4-6-9-8/h3-11H,1-2H3;3*4-7H,1-3H3;4-7H,1-3H3;4-6H,1-3H3;3-7H,1-2H3. The van der Waals surface area contributed by atoms with E-state index in [-0.39, 0.29) is 0 Å². The maximum atomic E-state index is 5.07. The predicted molar refractivity (Wildman–Crippen MR) is 322 cm³/mol. The van der Waals surface area contributed by atoms with Gasteiger partial charge in [-0.15, -0.1) is 0 Å². The van der Waals surface area contributed by atoms with E-state index in [0.29, 0.717) is 53.2 Å². The quantitative estimate of drug-likeness (QED) is 0.115. The Morgan fingerprint density at radius 3 is 1.31 bits per heavy atom. The van der Waals surface area contributed by atoms with Crippen LogP contribution in [0.2, 0.25) is 0 Å². The van der Waals surface area contributed by atoms with Gasteiger partial charge in [0.1, 0.15) is 17.3 Å². The lowest BCUT2D eigenvalue weighted by Crippen LogP contribution is -1.98. The van der Waals surface area contributed by atoms with E-state index in [1.54, 1.807) is 59.3 Å². The smallest absolute Gasteiger partial charge is 0.216 e. The number of hydrogen-bond acceptors (Lipinski definition) is 12. The van der Waals surface area contributed by atoms with Gasteiger partial charge in [-0.25, -0.2) is 9.97 Å². The molecule has 0 aliphatic carbocycles. The highest BCUT2D eigenvalue weighted by molar-refractivity contribution is 5.63. The molecule has 0 N–H and O–H groups in total. The summed E-state index contributed by atoms with van der Waals surface area (Å²) in [5.74, 6) is 7.24. The molecule has 12 nitrogen and oxygen atoms in total. The van der Waals surface area contributed by atoms with Gasteiger partial charge in [0.05, 0.1) is 34.6 Å². The van der Waals surface area contributed by atoms with Crippen LogP contribution in [0.25, 0.3) is 11.1 Å². The highest BCUT2D eigenvalue weighted by atomic mass is 16.5. The van der Waals surface area contributed by atoms with Gasteiger partial charge >= 0.3 is 0 Å². The van der Waals surface area contributed by atoms with E-state index < -0.39 is 0 Å². The number of rotatable bonds is 12. The maximum absolute atomic E-state index is 5.07. The molecule has 0 unspecified atom stereocenters. The Morgan fingerprint density at radius 2 is 0.833 bits per heavy atom. The first-order valence-corrected chi connectivity index (χ1v) is 26.9. The summed E-state index contributed by atoms with van der Waals surface area (Å²) in [7, 11) is 6.55. The van der Waals surface area contributed by atoms with Crippen molar-refractivity contribution in [2.24, 2.45) is 0 Å². The van der Waals surface area contributed by atoms with Crippen molar-refractivity contribution in [2.45, 2.75) is 145 Å². The molecule has 7 heterocycles. The fourth-order valence-corrected chi connectivity index (χ4v) is 6.54. The van der Waals surface area contributed by atoms with Gasteiger partial charge < -0.3 is 18.9 Å². The second-order valence-corrected chi connectivity index (χ2v) is 20.3. The van der Waals surface area contributed by atoms with Crippen LogP contribution in [-0.4, -0.2) is 68.3 Å². The Labute approximate surface area is 469 Å². The Morgan fingerprint density at radius 1 is 0.321 bits per heavy atom. The second-order valence-electron chi connectivity index (χ2n) is 20.3. The van der Waals surface area contributed by atoms with Crippen LogP contribution in [0.15, 0.2) is 159 Å². The van der Waals surface area contributed by atoms with Gasteiger partial charge in [-0.3, -0.25) is 24.9 Å². The molecular weight excluding hydrogens is 969 g/mol. The number of methoxy groups -OCH3 is 4. The molecule has 8 rings (SSSR count). The van der Waals surface area contributed by atoms with Gasteiger partial charge in [0, 0.05) is 89.8 Å². The molecule has 8 aromatic rings. The first-order chi connectivity index (χ1) is 37.2. The molecule has 418 valence electrons. The summed E-state index contributed by atoms with van der Waals surface area (Å²) in [6.07, 6.45) is 12.6. The summed E-state index contributed by atoms with van der Waals surface area (Å²) >= 11 is 0. The molecule has 0 aliphatic rings. The van der Waals surface area contributed by atoms with Crippen molar-refractivity contribution in [3.05, 3.63) is 204 Å². The van der Waals surface area contributed by atoms with Crippen LogP contribution >= 0.6 is 0 Å². The molecule has 0 atom stereocenters. The molecule has 1 aromatic carbocycles. The van der Waals surface area contributed by atoms with E-state index in [2.05, 4.69) is 186 Å². The third-order valence-corrected chi connectivity index (χ3v) is 11.5. The third kappa shape index (κ3) is 26.4. The van der Waals surface area contributed by atoms with Crippen LogP contribution in [-0.2, 0) is 0 Å². The van der Waals surface area contributed by atoms with Gasteiger partial charge in [0.25, 0.3) is 0 Å². The van der Waals surface area contributed by atoms with Crippen LogP contribution in [0, 0.1) is 6.92 Å². The lowest BCUT2D eigenvalue weighted by molar-refractivity contribution is 0.393. The lowest BCUT2D eigenvalue weighted by atomic mass is 10.0. The Kier molecular flexibility index (Phi) is 31.7. The van der Waals surface area contributed by atoms with Crippen molar-refractivity contribution in [1.29, 1.82) is 0 Å². The highest BCUT2D eigenvalue weighted by Gasteiger charge is 2.06. The molecule has 0 fully saturated rings. The molecule has 0 radical (unpaired) electrons. The van der Waals surface area contributed by atoms with E-state index in [1.165, 1.54) is 27.9 Å². The minimum absolute atomic E-state index is 0.352. The normalized spacial score (nSPS) is 10.3. The minimum atomic E-state index is 0.352. The van der Waals surface area contributed by atoms with E-state index in [0.717, 1.165) is 40.1 Å². The summed E-state index contributed by atoms with van der Waals surface area (Å²) in [5, 5.41) is 0. The van der Waals surface area contributed by atoms with Crippen molar-refractivity contribution >= 4 is 0 Å². The predicted octanol–water partition coefficient (Wildman–Crippen LogP) is 16.8. The fourth-order valence-electron chi connectivity index (χ4n) is 6.54. The molecule has 12 heteroatoms. The summed E-state index contributed by atoms with van der Waals surface area (Å²) in [6.45, 7) is 31.9. The zero-order chi connectivity index (χ0) is 58.0. The minimum Gasteiger partial charge on any atom is -0.497 e. The van der Waals surface area contributed by atoms with Crippen molar-refractivity contribution in [1.82, 2.24) is 39.9 Å². The largest absolute Gasteiger partial charge is 0.497 e. The zero-order valence-corrected chi connectivity index (χ0v) is 50.3. The molecule has 0 spiro atoms. The maximum Gasteiger partial charge on any atom is 0.216 e. The molecule has 0 saturated heterocycles. The average molecular weight is 1060 g/mol. The first kappa shape index (κ1) is 66.5. The number of nitrogens with zero attached hydrogens (tertiary/aromatic N) is 8. The molecule has 7 aromatic heterocycles. The SMILES string of the molecule is CC(C)c1cc(-c2ccccc2)ccn1.CC(C)c1ccccn1.COc1cc(C(C)C)ccn1.COc1ccc(C(C)C)nc1.COc1ccnc(C(C)C)c1.COc1ccnc(C(C)C)n1.Cc1ccnc(C(C)C)c1. The van der Waals surface area contributed by atoms with Crippen LogP contribution in [0.1, 0.15) is 184 Å². The third-order valence-electron chi connectivity index (χ3n) is 11.5. The van der Waals surface area contributed by atoms with Crippen LogP contribution in [0.5, 0.6) is 23.3 Å². The molecule has 0 saturated carbocycles. The van der Waals surface area contributed by atoms with Crippen molar-refractivity contribution in [3.63, 3.8) is 0 Å². The second kappa shape index (κ2) is 37.2. The summed E-state index contributed by atoms with van der Waals surface area (Å²) in [4.78, 5) is 33.5. The molecule has 78 heavy (non-hydrogen) atoms. The number of aromatic nitrogens is 8. The van der Waals surface area contributed by atoms with Crippen molar-refractivity contribution in [3.8, 4) is 34.4 Å². The summed E-state index contributed by atoms with van der Waals surface area (Å²) in [5.41, 5.74) is 10.7. The van der Waals surface area contributed by atoms with Gasteiger partial charge in [0.2, 0.25) is 11.8 Å². The Hall–Kier alpha value is -7.60. The number of benzene rings is 1. The zero-order valence-electron chi connectivity index (χ0n) is 50.3. The topological polar surface area (TPSA) is 140 Å². The first-order valence-electron chi connectivity index (χ1n) is 26.9. The lowest BCUT2D eigenvalue weighted by Gasteiger charge is -2.06.